The van der Waals surface area contributed by atoms with Crippen molar-refractivity contribution in [1.29, 1.82) is 0 Å². The molecule has 30 heavy (non-hydrogen) atoms. The predicted molar refractivity (Wildman–Crippen MR) is 118 cm³/mol. The Hall–Kier alpha value is -2.44. The van der Waals surface area contributed by atoms with Gasteiger partial charge in [-0.1, -0.05) is 27.7 Å². The van der Waals surface area contributed by atoms with Gasteiger partial charge in [0.1, 0.15) is 0 Å². The van der Waals surface area contributed by atoms with Crippen LogP contribution in [0.5, 0.6) is 11.5 Å². The molecule has 2 rings (SSSR count). The van der Waals surface area contributed by atoms with Crippen LogP contribution in [-0.2, 0) is 11.2 Å². The number of carbonyl (C=O) groups is 2. The first-order chi connectivity index (χ1) is 14.4. The number of carbonyl (C=O) groups excluding carboxylic acids is 2. The van der Waals surface area contributed by atoms with Crippen molar-refractivity contribution in [3.05, 3.63) is 23.3 Å². The predicted octanol–water partition coefficient (Wildman–Crippen LogP) is 3.66. The number of urea groups is 1. The van der Waals surface area contributed by atoms with Crippen LogP contribution in [0.15, 0.2) is 12.1 Å². The van der Waals surface area contributed by atoms with Crippen LogP contribution in [0.3, 0.4) is 0 Å². The molecule has 0 saturated carbocycles. The van der Waals surface area contributed by atoms with Crippen LogP contribution in [-0.4, -0.2) is 50.2 Å². The Bertz CT molecular complexity index is 735. The summed E-state index contributed by atoms with van der Waals surface area (Å²) in [6.45, 7) is 9.33. The maximum absolute atomic E-state index is 13.0. The summed E-state index contributed by atoms with van der Waals surface area (Å²) < 4.78 is 11.0. The van der Waals surface area contributed by atoms with E-state index in [0.717, 1.165) is 24.0 Å². The van der Waals surface area contributed by atoms with Gasteiger partial charge in [0.15, 0.2) is 11.5 Å². The van der Waals surface area contributed by atoms with Gasteiger partial charge in [-0.15, -0.1) is 0 Å². The number of nitrogens with zero attached hydrogens (tertiary/aromatic N) is 1. The van der Waals surface area contributed by atoms with Crippen molar-refractivity contribution in [1.82, 2.24) is 15.5 Å². The fourth-order valence-electron chi connectivity index (χ4n) is 4.01. The van der Waals surface area contributed by atoms with E-state index in [0.29, 0.717) is 37.4 Å². The minimum absolute atomic E-state index is 0.0124. The second-order valence-electron chi connectivity index (χ2n) is 8.21. The molecular formula is C23H37N3O4. The molecule has 1 aliphatic rings. The maximum Gasteiger partial charge on any atom is 0.317 e. The Morgan fingerprint density at radius 1 is 1.17 bits per heavy atom. The van der Waals surface area contributed by atoms with E-state index >= 15 is 0 Å². The van der Waals surface area contributed by atoms with Gasteiger partial charge in [-0.05, 0) is 48.4 Å². The third-order valence-electron chi connectivity index (χ3n) is 5.47. The molecule has 168 valence electrons. The van der Waals surface area contributed by atoms with Gasteiger partial charge in [-0.3, -0.25) is 4.79 Å². The molecule has 2 atom stereocenters. The molecule has 0 aliphatic carbocycles. The second kappa shape index (κ2) is 11.1. The van der Waals surface area contributed by atoms with E-state index in [1.54, 1.807) is 14.2 Å². The standard InChI is InChI=1S/C23H37N3O4/c1-7-10-24-23(28)26-11-9-16-13-19(29-5)20(30-6)14-17(16)22(26)18(8-2)25-21(27)12-15(3)4/h13-15,18,22H,7-12H2,1-6H3,(H,24,28)(H,25,27)/t18-,22+/m1/s1. The van der Waals surface area contributed by atoms with Crippen molar-refractivity contribution in [2.24, 2.45) is 5.92 Å². The second-order valence-corrected chi connectivity index (χ2v) is 8.21. The Balaban J connectivity index is 2.46. The monoisotopic (exact) mass is 419 g/mol. The first-order valence-corrected chi connectivity index (χ1v) is 10.9. The summed E-state index contributed by atoms with van der Waals surface area (Å²) >= 11 is 0. The molecule has 0 saturated heterocycles. The summed E-state index contributed by atoms with van der Waals surface area (Å²) in [5, 5.41) is 6.18. The lowest BCUT2D eigenvalue weighted by Gasteiger charge is -2.42. The van der Waals surface area contributed by atoms with E-state index < -0.39 is 0 Å². The highest BCUT2D eigenvalue weighted by atomic mass is 16.5. The molecule has 2 N–H and O–H groups in total. The normalized spacial score (nSPS) is 16.6. The van der Waals surface area contributed by atoms with E-state index in [-0.39, 0.29) is 29.9 Å². The highest BCUT2D eigenvalue weighted by Crippen LogP contribution is 2.40. The number of nitrogens with one attached hydrogen (secondary N) is 2. The van der Waals surface area contributed by atoms with Crippen LogP contribution in [0.1, 0.15) is 64.1 Å². The van der Waals surface area contributed by atoms with E-state index in [2.05, 4.69) is 10.6 Å². The summed E-state index contributed by atoms with van der Waals surface area (Å²) in [4.78, 5) is 27.4. The van der Waals surface area contributed by atoms with Gasteiger partial charge in [0.2, 0.25) is 5.91 Å². The Morgan fingerprint density at radius 2 is 1.83 bits per heavy atom. The van der Waals surface area contributed by atoms with Crippen molar-refractivity contribution >= 4 is 11.9 Å². The zero-order valence-electron chi connectivity index (χ0n) is 19.2. The number of benzene rings is 1. The number of fused-ring (bicyclic) bond motifs is 1. The van der Waals surface area contributed by atoms with E-state index in [9.17, 15) is 9.59 Å². The van der Waals surface area contributed by atoms with Gasteiger partial charge >= 0.3 is 6.03 Å². The number of hydrogen-bond donors (Lipinski definition) is 2. The van der Waals surface area contributed by atoms with Crippen molar-refractivity contribution in [2.75, 3.05) is 27.3 Å². The highest BCUT2D eigenvalue weighted by Gasteiger charge is 2.37. The molecule has 1 aliphatic heterocycles. The summed E-state index contributed by atoms with van der Waals surface area (Å²) in [5.41, 5.74) is 2.12. The summed E-state index contributed by atoms with van der Waals surface area (Å²) in [7, 11) is 3.23. The number of amides is 3. The molecule has 7 heteroatoms. The zero-order chi connectivity index (χ0) is 22.3. The fourth-order valence-corrected chi connectivity index (χ4v) is 4.01. The SMILES string of the molecule is CCCNC(=O)N1CCc2cc(OC)c(OC)cc2[C@H]1[C@@H](CC)NC(=O)CC(C)C. The lowest BCUT2D eigenvalue weighted by molar-refractivity contribution is -0.123. The maximum atomic E-state index is 13.0. The number of ether oxygens (including phenoxy) is 2. The molecule has 0 bridgehead atoms. The molecular weight excluding hydrogens is 382 g/mol. The van der Waals surface area contributed by atoms with Gasteiger partial charge in [0.05, 0.1) is 26.3 Å². The molecule has 0 unspecified atom stereocenters. The molecule has 1 aromatic carbocycles. The topological polar surface area (TPSA) is 79.9 Å². The van der Waals surface area contributed by atoms with Crippen molar-refractivity contribution in [2.45, 2.75) is 65.5 Å². The number of methoxy groups -OCH3 is 2. The van der Waals surface area contributed by atoms with E-state index in [4.69, 9.17) is 9.47 Å². The van der Waals surface area contributed by atoms with E-state index in [1.165, 1.54) is 0 Å². The smallest absolute Gasteiger partial charge is 0.317 e. The Labute approximate surface area is 180 Å². The number of hydrogen-bond acceptors (Lipinski definition) is 4. The van der Waals surface area contributed by atoms with Crippen LogP contribution in [0.4, 0.5) is 4.79 Å². The minimum atomic E-state index is -0.272. The quantitative estimate of drug-likeness (QED) is 0.640. The van der Waals surface area contributed by atoms with Crippen LogP contribution >= 0.6 is 0 Å². The van der Waals surface area contributed by atoms with Gasteiger partial charge < -0.3 is 25.0 Å². The third-order valence-corrected chi connectivity index (χ3v) is 5.47. The largest absolute Gasteiger partial charge is 0.493 e. The average molecular weight is 420 g/mol. The van der Waals surface area contributed by atoms with Gasteiger partial charge in [0.25, 0.3) is 0 Å². The summed E-state index contributed by atoms with van der Waals surface area (Å²) in [5.74, 6) is 1.59. The Kier molecular flexibility index (Phi) is 8.81. The summed E-state index contributed by atoms with van der Waals surface area (Å²) in [6, 6.07) is 3.38. The lowest BCUT2D eigenvalue weighted by atomic mass is 9.86. The van der Waals surface area contributed by atoms with Crippen LogP contribution in [0.25, 0.3) is 0 Å². The first-order valence-electron chi connectivity index (χ1n) is 10.9. The molecule has 1 heterocycles. The third kappa shape index (κ3) is 5.58. The van der Waals surface area contributed by atoms with E-state index in [1.807, 2.05) is 44.7 Å². The Morgan fingerprint density at radius 3 is 2.40 bits per heavy atom. The molecule has 0 radical (unpaired) electrons. The van der Waals surface area contributed by atoms with Crippen molar-refractivity contribution in [3.63, 3.8) is 0 Å². The average Bonchev–Trinajstić information content (AvgIpc) is 2.73. The molecule has 7 nitrogen and oxygen atoms in total. The first kappa shape index (κ1) is 23.8. The van der Waals surface area contributed by atoms with Crippen LogP contribution in [0, 0.1) is 5.92 Å². The van der Waals surface area contributed by atoms with Gasteiger partial charge in [0, 0.05) is 19.5 Å². The van der Waals surface area contributed by atoms with Crippen molar-refractivity contribution < 1.29 is 19.1 Å². The highest BCUT2D eigenvalue weighted by molar-refractivity contribution is 5.78. The molecule has 0 aromatic heterocycles. The summed E-state index contributed by atoms with van der Waals surface area (Å²) in [6.07, 6.45) is 2.76. The fraction of sp³-hybridized carbons (Fsp3) is 0.652. The van der Waals surface area contributed by atoms with Crippen LogP contribution in [0.2, 0.25) is 0 Å². The molecule has 0 fully saturated rings. The molecule has 1 aromatic rings. The lowest BCUT2D eigenvalue weighted by Crippen LogP contribution is -2.53. The van der Waals surface area contributed by atoms with Crippen LogP contribution < -0.4 is 20.1 Å². The van der Waals surface area contributed by atoms with Crippen molar-refractivity contribution in [3.8, 4) is 11.5 Å². The molecule has 0 spiro atoms. The van der Waals surface area contributed by atoms with Gasteiger partial charge in [-0.2, -0.15) is 0 Å². The number of rotatable bonds is 9. The molecule has 3 amide bonds. The zero-order valence-corrected chi connectivity index (χ0v) is 19.2. The van der Waals surface area contributed by atoms with Gasteiger partial charge in [-0.25, -0.2) is 4.79 Å². The minimum Gasteiger partial charge on any atom is -0.493 e.